The van der Waals surface area contributed by atoms with E-state index < -0.39 is 17.5 Å². The third-order valence-electron chi connectivity index (χ3n) is 7.60. The molecule has 190 valence electrons. The number of piperidine rings is 2. The minimum atomic E-state index is -1.06. The van der Waals surface area contributed by atoms with Crippen molar-refractivity contribution >= 4 is 5.82 Å². The van der Waals surface area contributed by atoms with Crippen molar-refractivity contribution < 1.29 is 18.6 Å². The smallest absolute Gasteiger partial charge is 0.250 e. The van der Waals surface area contributed by atoms with Gasteiger partial charge in [0, 0.05) is 29.9 Å². The molecular weight excluding hydrogens is 466 g/mol. The van der Waals surface area contributed by atoms with Gasteiger partial charge in [0.2, 0.25) is 5.88 Å². The summed E-state index contributed by atoms with van der Waals surface area (Å²) >= 11 is 0. The lowest BCUT2D eigenvalue weighted by molar-refractivity contribution is 0.00193. The maximum atomic E-state index is 15.6. The van der Waals surface area contributed by atoms with Crippen LogP contribution in [0.3, 0.4) is 0 Å². The molecule has 0 unspecified atom stereocenters. The van der Waals surface area contributed by atoms with Gasteiger partial charge in [-0.05, 0) is 63.3 Å². The predicted molar refractivity (Wildman–Crippen MR) is 132 cm³/mol. The van der Waals surface area contributed by atoms with E-state index in [9.17, 15) is 9.50 Å². The topological polar surface area (TPSA) is 96.3 Å². The minimum Gasteiger partial charge on any atom is -0.507 e. The Kier molecular flexibility index (Phi) is 6.02. The molecule has 2 saturated heterocycles. The molecule has 2 bridgehead atoms. The normalized spacial score (nSPS) is 27.5. The van der Waals surface area contributed by atoms with Gasteiger partial charge in [0.15, 0.2) is 17.5 Å². The Labute approximate surface area is 208 Å². The van der Waals surface area contributed by atoms with E-state index >= 15 is 4.39 Å². The van der Waals surface area contributed by atoms with Gasteiger partial charge in [-0.1, -0.05) is 6.07 Å². The van der Waals surface area contributed by atoms with Crippen molar-refractivity contribution in [3.05, 3.63) is 42.5 Å². The number of methoxy groups -OCH3 is 1. The number of hydrogen-bond donors (Lipinski definition) is 2. The van der Waals surface area contributed by atoms with Gasteiger partial charge in [0.25, 0.3) is 0 Å². The van der Waals surface area contributed by atoms with E-state index in [1.165, 1.54) is 25.4 Å². The van der Waals surface area contributed by atoms with E-state index in [4.69, 9.17) is 4.74 Å². The van der Waals surface area contributed by atoms with Gasteiger partial charge in [0.1, 0.15) is 11.9 Å². The SMILES string of the molecule is COc1ncc(-c2ccc(-c3ncc(N(C)[C@H]4C[C@]5(C)CCC[C@@](C)(N5)[C@H]4F)nn3)c(O)c2)cc1F. The van der Waals surface area contributed by atoms with Gasteiger partial charge in [-0.15, -0.1) is 10.2 Å². The summed E-state index contributed by atoms with van der Waals surface area (Å²) in [4.78, 5) is 10.2. The lowest BCUT2D eigenvalue weighted by atomic mass is 9.68. The Morgan fingerprint density at radius 1 is 1.11 bits per heavy atom. The maximum Gasteiger partial charge on any atom is 0.250 e. The lowest BCUT2D eigenvalue weighted by Gasteiger charge is -2.56. The standard InChI is InChI=1S/C26H30F2N6O2/c1-25-8-5-9-26(2,33-25)22(28)19(12-25)34(3)21-14-29-23(32-31-21)17-7-6-15(11-20(17)35)16-10-18(27)24(36-4)30-13-16/h6-7,10-11,13-14,19,22,33,35H,5,8-9,12H2,1-4H3/t19-,22-,25-,26+/m0/s1. The van der Waals surface area contributed by atoms with Crippen LogP contribution in [0, 0.1) is 5.82 Å². The molecule has 0 spiro atoms. The number of nitrogens with zero attached hydrogens (tertiary/aromatic N) is 5. The molecule has 36 heavy (non-hydrogen) atoms. The van der Waals surface area contributed by atoms with Crippen LogP contribution in [0.1, 0.15) is 39.5 Å². The first-order chi connectivity index (χ1) is 17.1. The third-order valence-corrected chi connectivity index (χ3v) is 7.60. The molecule has 5 rings (SSSR count). The molecule has 4 atom stereocenters. The summed E-state index contributed by atoms with van der Waals surface area (Å²) in [5, 5.41) is 22.7. The molecule has 1 aromatic carbocycles. The van der Waals surface area contributed by atoms with Crippen LogP contribution in [-0.2, 0) is 0 Å². The first-order valence-electron chi connectivity index (χ1n) is 12.0. The second kappa shape index (κ2) is 8.92. The van der Waals surface area contributed by atoms with Crippen molar-refractivity contribution in [1.82, 2.24) is 25.5 Å². The molecule has 2 aliphatic rings. The van der Waals surface area contributed by atoms with Gasteiger partial charge >= 0.3 is 0 Å². The van der Waals surface area contributed by atoms with Crippen LogP contribution in [0.15, 0.2) is 36.7 Å². The summed E-state index contributed by atoms with van der Waals surface area (Å²) in [6.07, 6.45) is 5.43. The van der Waals surface area contributed by atoms with Crippen LogP contribution in [0.4, 0.5) is 14.6 Å². The molecule has 3 aromatic rings. The number of aromatic nitrogens is 4. The van der Waals surface area contributed by atoms with Crippen LogP contribution < -0.4 is 15.0 Å². The Morgan fingerprint density at radius 3 is 2.58 bits per heavy atom. The number of aromatic hydroxyl groups is 1. The second-order valence-electron chi connectivity index (χ2n) is 10.3. The minimum absolute atomic E-state index is 0.0810. The molecular formula is C26H30F2N6O2. The van der Waals surface area contributed by atoms with E-state index in [0.29, 0.717) is 28.9 Å². The van der Waals surface area contributed by atoms with Crippen molar-refractivity contribution in [2.75, 3.05) is 19.1 Å². The molecule has 2 aromatic heterocycles. The van der Waals surface area contributed by atoms with Gasteiger partial charge < -0.3 is 20.1 Å². The van der Waals surface area contributed by atoms with Crippen LogP contribution in [0.2, 0.25) is 0 Å². The lowest BCUT2D eigenvalue weighted by Crippen LogP contribution is -2.72. The molecule has 4 heterocycles. The highest BCUT2D eigenvalue weighted by Gasteiger charge is 2.53. The number of hydrogen-bond acceptors (Lipinski definition) is 8. The molecule has 0 aliphatic carbocycles. The third kappa shape index (κ3) is 4.23. The number of fused-ring (bicyclic) bond motifs is 2. The zero-order valence-electron chi connectivity index (χ0n) is 20.8. The van der Waals surface area contributed by atoms with Crippen LogP contribution in [0.25, 0.3) is 22.5 Å². The zero-order valence-corrected chi connectivity index (χ0v) is 20.8. The number of rotatable bonds is 5. The number of alkyl halides is 1. The fraction of sp³-hybridized carbons (Fsp3) is 0.462. The highest BCUT2D eigenvalue weighted by atomic mass is 19.1. The Hall–Kier alpha value is -3.40. The molecule has 0 saturated carbocycles. The van der Waals surface area contributed by atoms with Crippen LogP contribution in [-0.4, -0.2) is 62.7 Å². The fourth-order valence-electron chi connectivity index (χ4n) is 5.70. The predicted octanol–water partition coefficient (Wildman–Crippen LogP) is 4.29. The summed E-state index contributed by atoms with van der Waals surface area (Å²) < 4.78 is 34.5. The number of pyridine rings is 1. The van der Waals surface area contributed by atoms with Crippen molar-refractivity contribution in [2.24, 2.45) is 0 Å². The van der Waals surface area contributed by atoms with Gasteiger partial charge in [0.05, 0.1) is 24.9 Å². The summed E-state index contributed by atoms with van der Waals surface area (Å²) in [7, 11) is 3.17. The van der Waals surface area contributed by atoms with Gasteiger partial charge in [-0.25, -0.2) is 18.7 Å². The van der Waals surface area contributed by atoms with Crippen molar-refractivity contribution in [3.8, 4) is 34.1 Å². The number of halogens is 2. The molecule has 2 fully saturated rings. The van der Waals surface area contributed by atoms with Crippen molar-refractivity contribution in [3.63, 3.8) is 0 Å². The molecule has 2 aliphatic heterocycles. The fourth-order valence-corrected chi connectivity index (χ4v) is 5.70. The summed E-state index contributed by atoms with van der Waals surface area (Å²) in [5.74, 6) is -0.0779. The number of phenolic OH excluding ortho intramolecular Hbond substituents is 1. The molecule has 0 radical (unpaired) electrons. The highest BCUT2D eigenvalue weighted by Crippen LogP contribution is 2.43. The molecule has 10 heteroatoms. The zero-order chi connectivity index (χ0) is 25.7. The van der Waals surface area contributed by atoms with Crippen LogP contribution >= 0.6 is 0 Å². The molecule has 0 amide bonds. The van der Waals surface area contributed by atoms with E-state index in [2.05, 4.69) is 32.4 Å². The molecule has 2 N–H and O–H groups in total. The highest BCUT2D eigenvalue weighted by molar-refractivity contribution is 5.72. The number of nitrogens with one attached hydrogen (secondary N) is 1. The molecule has 8 nitrogen and oxygen atoms in total. The second-order valence-corrected chi connectivity index (χ2v) is 10.3. The first-order valence-corrected chi connectivity index (χ1v) is 12.0. The van der Waals surface area contributed by atoms with E-state index in [1.54, 1.807) is 18.3 Å². The average Bonchev–Trinajstić information content (AvgIpc) is 2.86. The number of benzene rings is 1. The Balaban J connectivity index is 1.36. The van der Waals surface area contributed by atoms with Crippen molar-refractivity contribution in [2.45, 2.75) is 62.8 Å². The maximum absolute atomic E-state index is 15.6. The van der Waals surface area contributed by atoms with Crippen LogP contribution in [0.5, 0.6) is 11.6 Å². The quantitative estimate of drug-likeness (QED) is 0.540. The van der Waals surface area contributed by atoms with Gasteiger partial charge in [-0.3, -0.25) is 0 Å². The number of phenols is 1. The van der Waals surface area contributed by atoms with E-state index in [1.807, 2.05) is 18.9 Å². The van der Waals surface area contributed by atoms with Gasteiger partial charge in [-0.2, -0.15) is 0 Å². The number of ether oxygens (including phenoxy) is 1. The van der Waals surface area contributed by atoms with Crippen molar-refractivity contribution in [1.29, 1.82) is 0 Å². The summed E-state index contributed by atoms with van der Waals surface area (Å²) in [6.45, 7) is 4.12. The Bertz CT molecular complexity index is 1280. The average molecular weight is 497 g/mol. The van der Waals surface area contributed by atoms with E-state index in [0.717, 1.165) is 19.3 Å². The number of anilines is 1. The summed E-state index contributed by atoms with van der Waals surface area (Å²) in [5.41, 5.74) is 0.747. The van der Waals surface area contributed by atoms with E-state index in [-0.39, 0.29) is 29.0 Å². The monoisotopic (exact) mass is 496 g/mol. The Morgan fingerprint density at radius 2 is 1.92 bits per heavy atom. The first kappa shape index (κ1) is 24.3. The largest absolute Gasteiger partial charge is 0.507 e. The summed E-state index contributed by atoms with van der Waals surface area (Å²) in [6, 6.07) is 5.78.